The summed E-state index contributed by atoms with van der Waals surface area (Å²) < 4.78 is 1.22. The molecule has 4 nitrogen and oxygen atoms in total. The fraction of sp³-hybridized carbons (Fsp3) is 0.600. The molecule has 3 fully saturated rings. The fourth-order valence-corrected chi connectivity index (χ4v) is 5.71. The number of anilines is 1. The van der Waals surface area contributed by atoms with Crippen LogP contribution in [0.3, 0.4) is 0 Å². The molecule has 2 aliphatic heterocycles. The maximum absolute atomic E-state index is 11.7. The van der Waals surface area contributed by atoms with Crippen molar-refractivity contribution >= 4 is 33.1 Å². The monoisotopic (exact) mass is 355 g/mol. The first kappa shape index (κ1) is 15.8. The highest BCUT2D eigenvalue weighted by molar-refractivity contribution is 7.18. The van der Waals surface area contributed by atoms with Crippen LogP contribution in [0.25, 0.3) is 10.2 Å². The van der Waals surface area contributed by atoms with E-state index in [1.54, 1.807) is 0 Å². The lowest BCUT2D eigenvalue weighted by Crippen LogP contribution is -2.50. The number of hydrogen-bond acceptors (Lipinski definition) is 4. The lowest BCUT2D eigenvalue weighted by atomic mass is 9.78. The van der Waals surface area contributed by atoms with E-state index in [0.29, 0.717) is 12.3 Å². The van der Waals surface area contributed by atoms with Crippen LogP contribution in [-0.2, 0) is 4.79 Å². The Kier molecular flexibility index (Phi) is 3.82. The summed E-state index contributed by atoms with van der Waals surface area (Å²) >= 11 is 1.83. The molecule has 0 radical (unpaired) electrons. The average molecular weight is 356 g/mol. The molecule has 0 N–H and O–H groups in total. The van der Waals surface area contributed by atoms with Crippen molar-refractivity contribution in [3.05, 3.63) is 23.2 Å². The Labute approximate surface area is 152 Å². The zero-order valence-electron chi connectivity index (χ0n) is 14.8. The Balaban J connectivity index is 1.30. The lowest BCUT2D eigenvalue weighted by Gasteiger charge is -2.47. The number of amides is 1. The molecule has 1 atom stereocenters. The standard InChI is InChI=1S/C20H25N3OS/c1-13-4-2-3-8-22(13)16-10-14(11-16)20-21-17-6-5-15(12-18(17)25-20)23-9-7-19(23)24/h5-6,12-14,16H,2-4,7-11H2,1H3. The molecule has 1 saturated carbocycles. The summed E-state index contributed by atoms with van der Waals surface area (Å²) in [7, 11) is 0. The van der Waals surface area contributed by atoms with Crippen molar-refractivity contribution < 1.29 is 4.79 Å². The van der Waals surface area contributed by atoms with Gasteiger partial charge in [-0.1, -0.05) is 6.42 Å². The quantitative estimate of drug-likeness (QED) is 0.776. The second-order valence-electron chi connectivity index (χ2n) is 7.90. The molecule has 3 aliphatic rings. The molecule has 3 heterocycles. The topological polar surface area (TPSA) is 36.4 Å². The third-order valence-corrected chi connectivity index (χ3v) is 7.52. The summed E-state index contributed by atoms with van der Waals surface area (Å²) in [5.74, 6) is 0.868. The van der Waals surface area contributed by atoms with Gasteiger partial charge in [0.2, 0.25) is 5.91 Å². The van der Waals surface area contributed by atoms with Crippen molar-refractivity contribution in [3.63, 3.8) is 0 Å². The van der Waals surface area contributed by atoms with Gasteiger partial charge >= 0.3 is 0 Å². The molecule has 1 unspecified atom stereocenters. The van der Waals surface area contributed by atoms with Gasteiger partial charge in [0.25, 0.3) is 0 Å². The molecule has 2 saturated heterocycles. The van der Waals surface area contributed by atoms with E-state index in [9.17, 15) is 4.79 Å². The molecule has 1 amide bonds. The van der Waals surface area contributed by atoms with Crippen LogP contribution in [0.2, 0.25) is 0 Å². The SMILES string of the molecule is CC1CCCCN1C1CC(c2nc3ccc(N4CCC4=O)cc3s2)C1. The second kappa shape index (κ2) is 6.06. The fourth-order valence-electron chi connectivity index (χ4n) is 4.58. The van der Waals surface area contributed by atoms with E-state index >= 15 is 0 Å². The molecule has 25 heavy (non-hydrogen) atoms. The molecular weight excluding hydrogens is 330 g/mol. The number of piperidine rings is 1. The van der Waals surface area contributed by atoms with Gasteiger partial charge in [-0.05, 0) is 57.4 Å². The highest BCUT2D eigenvalue weighted by atomic mass is 32.1. The number of carbonyl (C=O) groups is 1. The van der Waals surface area contributed by atoms with Gasteiger partial charge in [-0.25, -0.2) is 4.98 Å². The minimum absolute atomic E-state index is 0.238. The van der Waals surface area contributed by atoms with Gasteiger partial charge < -0.3 is 4.90 Å². The van der Waals surface area contributed by atoms with Gasteiger partial charge in [-0.2, -0.15) is 0 Å². The van der Waals surface area contributed by atoms with E-state index in [-0.39, 0.29) is 5.91 Å². The largest absolute Gasteiger partial charge is 0.312 e. The van der Waals surface area contributed by atoms with Crippen molar-refractivity contribution in [2.24, 2.45) is 0 Å². The highest BCUT2D eigenvalue weighted by Crippen LogP contribution is 2.44. The van der Waals surface area contributed by atoms with Gasteiger partial charge in [-0.3, -0.25) is 9.69 Å². The maximum Gasteiger partial charge on any atom is 0.228 e. The van der Waals surface area contributed by atoms with Crippen LogP contribution in [0.4, 0.5) is 5.69 Å². The van der Waals surface area contributed by atoms with E-state index in [2.05, 4.69) is 24.0 Å². The molecule has 1 aromatic carbocycles. The Bertz CT molecular complexity index is 810. The first-order valence-electron chi connectivity index (χ1n) is 9.65. The Hall–Kier alpha value is -1.46. The number of nitrogens with zero attached hydrogens (tertiary/aromatic N) is 3. The number of aromatic nitrogens is 1. The number of benzene rings is 1. The van der Waals surface area contributed by atoms with Crippen molar-refractivity contribution in [2.45, 2.75) is 63.5 Å². The normalized spacial score (nSPS) is 30.4. The van der Waals surface area contributed by atoms with Crippen molar-refractivity contribution in [1.29, 1.82) is 0 Å². The van der Waals surface area contributed by atoms with Crippen LogP contribution < -0.4 is 4.90 Å². The number of carbonyl (C=O) groups excluding carboxylic acids is 1. The predicted molar refractivity (Wildman–Crippen MR) is 102 cm³/mol. The number of likely N-dealkylation sites (tertiary alicyclic amines) is 1. The number of fused-ring (bicyclic) bond motifs is 1. The van der Waals surface area contributed by atoms with E-state index < -0.39 is 0 Å². The summed E-state index contributed by atoms with van der Waals surface area (Å²) in [4.78, 5) is 21.2. The summed E-state index contributed by atoms with van der Waals surface area (Å²) in [6.45, 7) is 4.53. The summed E-state index contributed by atoms with van der Waals surface area (Å²) in [6.07, 6.45) is 7.34. The van der Waals surface area contributed by atoms with Crippen LogP contribution in [0.5, 0.6) is 0 Å². The van der Waals surface area contributed by atoms with Gasteiger partial charge in [-0.15, -0.1) is 11.3 Å². The molecule has 1 aliphatic carbocycles. The van der Waals surface area contributed by atoms with Crippen molar-refractivity contribution in [2.75, 3.05) is 18.0 Å². The highest BCUT2D eigenvalue weighted by Gasteiger charge is 2.38. The van der Waals surface area contributed by atoms with Crippen molar-refractivity contribution in [1.82, 2.24) is 9.88 Å². The maximum atomic E-state index is 11.7. The first-order chi connectivity index (χ1) is 12.2. The summed E-state index contributed by atoms with van der Waals surface area (Å²) in [5, 5.41) is 1.29. The van der Waals surface area contributed by atoms with Gasteiger partial charge in [0.1, 0.15) is 0 Å². The zero-order valence-corrected chi connectivity index (χ0v) is 15.6. The zero-order chi connectivity index (χ0) is 17.0. The van der Waals surface area contributed by atoms with Gasteiger partial charge in [0.15, 0.2) is 0 Å². The Morgan fingerprint density at radius 1 is 1.20 bits per heavy atom. The minimum atomic E-state index is 0.238. The van der Waals surface area contributed by atoms with Gasteiger partial charge in [0, 0.05) is 36.7 Å². The number of rotatable bonds is 3. The van der Waals surface area contributed by atoms with Crippen LogP contribution in [0, 0.1) is 0 Å². The molecule has 0 bridgehead atoms. The van der Waals surface area contributed by atoms with Crippen LogP contribution in [0.1, 0.15) is 56.4 Å². The molecule has 2 aromatic rings. The third kappa shape index (κ3) is 2.68. The summed E-state index contributed by atoms with van der Waals surface area (Å²) in [6, 6.07) is 7.80. The van der Waals surface area contributed by atoms with E-state index in [1.807, 2.05) is 22.3 Å². The number of β-lactam (4-membered cyclic amide) rings is 1. The van der Waals surface area contributed by atoms with Gasteiger partial charge in [0.05, 0.1) is 15.2 Å². The predicted octanol–water partition coefficient (Wildman–Crippen LogP) is 4.15. The first-order valence-corrected chi connectivity index (χ1v) is 10.5. The van der Waals surface area contributed by atoms with Crippen LogP contribution in [-0.4, -0.2) is 41.0 Å². The summed E-state index contributed by atoms with van der Waals surface area (Å²) in [5.41, 5.74) is 2.12. The second-order valence-corrected chi connectivity index (χ2v) is 8.97. The third-order valence-electron chi connectivity index (χ3n) is 6.34. The Morgan fingerprint density at radius 2 is 2.08 bits per heavy atom. The molecule has 5 heteroatoms. The number of hydrogen-bond donors (Lipinski definition) is 0. The number of thiazole rings is 1. The molecule has 0 spiro atoms. The Morgan fingerprint density at radius 3 is 2.80 bits per heavy atom. The molecule has 5 rings (SSSR count). The lowest BCUT2D eigenvalue weighted by molar-refractivity contribution is -0.122. The van der Waals surface area contributed by atoms with Crippen molar-refractivity contribution in [3.8, 4) is 0 Å². The average Bonchev–Trinajstić information content (AvgIpc) is 2.96. The van der Waals surface area contributed by atoms with E-state index in [4.69, 9.17) is 4.98 Å². The van der Waals surface area contributed by atoms with E-state index in [0.717, 1.165) is 29.8 Å². The minimum Gasteiger partial charge on any atom is -0.312 e. The molecule has 132 valence electrons. The molecular formula is C20H25N3OS. The van der Waals surface area contributed by atoms with Crippen LogP contribution >= 0.6 is 11.3 Å². The van der Waals surface area contributed by atoms with E-state index in [1.165, 1.54) is 48.4 Å². The van der Waals surface area contributed by atoms with Crippen LogP contribution in [0.15, 0.2) is 18.2 Å². The molecule has 1 aromatic heterocycles. The smallest absolute Gasteiger partial charge is 0.228 e.